The standard InChI is InChI=1S/C21H47NO4P/c1-6-7-8-9-10-11-12-13-14-15-16-18-24-20-21-26-27(5,23)25-19-17-22(2,3)4/h6-21H2,1-5H3/q+1. The van der Waals surface area contributed by atoms with E-state index in [9.17, 15) is 4.57 Å². The molecule has 6 heteroatoms. The van der Waals surface area contributed by atoms with Crippen LogP contribution in [0.25, 0.3) is 0 Å². The predicted molar refractivity (Wildman–Crippen MR) is 116 cm³/mol. The van der Waals surface area contributed by atoms with Crippen molar-refractivity contribution in [2.24, 2.45) is 0 Å². The predicted octanol–water partition coefficient (Wildman–Crippen LogP) is 5.88. The number of unbranched alkanes of at least 4 members (excludes halogenated alkanes) is 10. The first kappa shape index (κ1) is 27.1. The second-order valence-corrected chi connectivity index (χ2v) is 10.7. The number of hydrogen-bond donors (Lipinski definition) is 0. The monoisotopic (exact) mass is 408 g/mol. The molecule has 0 radical (unpaired) electrons. The second kappa shape index (κ2) is 17.0. The van der Waals surface area contributed by atoms with Gasteiger partial charge in [0.15, 0.2) is 0 Å². The van der Waals surface area contributed by atoms with Gasteiger partial charge in [-0.1, -0.05) is 71.1 Å². The highest BCUT2D eigenvalue weighted by Gasteiger charge is 2.18. The molecule has 164 valence electrons. The third-order valence-electron chi connectivity index (χ3n) is 4.53. The highest BCUT2D eigenvalue weighted by Crippen LogP contribution is 2.43. The van der Waals surface area contributed by atoms with Gasteiger partial charge in [-0.25, -0.2) is 0 Å². The summed E-state index contributed by atoms with van der Waals surface area (Å²) >= 11 is 0. The van der Waals surface area contributed by atoms with Gasteiger partial charge in [0.25, 0.3) is 0 Å². The zero-order chi connectivity index (χ0) is 20.4. The van der Waals surface area contributed by atoms with Crippen LogP contribution in [0.2, 0.25) is 0 Å². The Morgan fingerprint density at radius 1 is 0.667 bits per heavy atom. The summed E-state index contributed by atoms with van der Waals surface area (Å²) in [7, 11) is 3.28. The third-order valence-corrected chi connectivity index (χ3v) is 5.84. The van der Waals surface area contributed by atoms with Crippen molar-refractivity contribution < 1.29 is 22.8 Å². The maximum atomic E-state index is 12.1. The Morgan fingerprint density at radius 2 is 1.15 bits per heavy atom. The summed E-state index contributed by atoms with van der Waals surface area (Å²) in [6.45, 7) is 6.61. The minimum absolute atomic E-state index is 0.330. The Balaban J connectivity index is 3.31. The SMILES string of the molecule is CCCCCCCCCCCCCOCCOP(C)(=O)OCC[N+](C)(C)C. The third kappa shape index (κ3) is 22.2. The maximum absolute atomic E-state index is 12.1. The number of likely N-dealkylation sites (N-methyl/N-ethyl adjacent to an activating group) is 1. The molecular weight excluding hydrogens is 361 g/mol. The van der Waals surface area contributed by atoms with Crippen LogP contribution in [-0.4, -0.2) is 65.3 Å². The lowest BCUT2D eigenvalue weighted by molar-refractivity contribution is -0.870. The average Bonchev–Trinajstić information content (AvgIpc) is 2.57. The van der Waals surface area contributed by atoms with Gasteiger partial charge in [-0.15, -0.1) is 0 Å². The Kier molecular flexibility index (Phi) is 17.0. The van der Waals surface area contributed by atoms with Crippen LogP contribution in [-0.2, 0) is 18.3 Å². The Hall–Kier alpha value is 0.0700. The molecule has 0 aliphatic carbocycles. The van der Waals surface area contributed by atoms with Gasteiger partial charge in [-0.2, -0.15) is 0 Å². The van der Waals surface area contributed by atoms with Gasteiger partial charge in [0.05, 0.1) is 34.4 Å². The van der Waals surface area contributed by atoms with E-state index in [1.165, 1.54) is 70.9 Å². The van der Waals surface area contributed by atoms with Gasteiger partial charge < -0.3 is 18.3 Å². The molecule has 27 heavy (non-hydrogen) atoms. The molecule has 0 fully saturated rings. The summed E-state index contributed by atoms with van der Waals surface area (Å²) in [5.74, 6) is 0. The fraction of sp³-hybridized carbons (Fsp3) is 1.00. The van der Waals surface area contributed by atoms with Crippen LogP contribution in [0, 0.1) is 0 Å². The zero-order valence-corrected chi connectivity index (χ0v) is 19.7. The van der Waals surface area contributed by atoms with Gasteiger partial charge in [0, 0.05) is 13.3 Å². The quantitative estimate of drug-likeness (QED) is 0.143. The lowest BCUT2D eigenvalue weighted by Gasteiger charge is -2.24. The number of quaternary nitrogens is 1. The number of nitrogens with zero attached hydrogens (tertiary/aromatic N) is 1. The molecule has 0 spiro atoms. The second-order valence-electron chi connectivity index (χ2n) is 8.60. The van der Waals surface area contributed by atoms with E-state index in [0.29, 0.717) is 19.8 Å². The van der Waals surface area contributed by atoms with Crippen molar-refractivity contribution in [1.82, 2.24) is 0 Å². The summed E-state index contributed by atoms with van der Waals surface area (Å²) in [6, 6.07) is 0. The molecule has 0 aromatic carbocycles. The largest absolute Gasteiger partial charge is 0.379 e. The van der Waals surface area contributed by atoms with Crippen LogP contribution < -0.4 is 0 Å². The molecule has 0 rings (SSSR count). The van der Waals surface area contributed by atoms with Crippen molar-refractivity contribution in [3.63, 3.8) is 0 Å². The maximum Gasteiger partial charge on any atom is 0.327 e. The summed E-state index contributed by atoms with van der Waals surface area (Å²) in [5, 5.41) is 0. The molecule has 0 bridgehead atoms. The Bertz CT molecular complexity index is 372. The minimum Gasteiger partial charge on any atom is -0.379 e. The summed E-state index contributed by atoms with van der Waals surface area (Å²) in [6.07, 6.45) is 14.7. The Morgan fingerprint density at radius 3 is 1.67 bits per heavy atom. The van der Waals surface area contributed by atoms with Gasteiger partial charge in [-0.05, 0) is 6.42 Å². The van der Waals surface area contributed by atoms with Crippen molar-refractivity contribution in [1.29, 1.82) is 0 Å². The van der Waals surface area contributed by atoms with E-state index in [0.717, 1.165) is 24.1 Å². The van der Waals surface area contributed by atoms with Crippen LogP contribution >= 0.6 is 7.60 Å². The zero-order valence-electron chi connectivity index (χ0n) is 18.8. The van der Waals surface area contributed by atoms with Crippen LogP contribution in [0.1, 0.15) is 77.6 Å². The molecule has 1 atom stereocenters. The summed E-state index contributed by atoms with van der Waals surface area (Å²) in [4.78, 5) is 0. The van der Waals surface area contributed by atoms with Crippen molar-refractivity contribution in [2.45, 2.75) is 77.6 Å². The highest BCUT2D eigenvalue weighted by atomic mass is 31.2. The molecule has 0 aromatic heterocycles. The fourth-order valence-electron chi connectivity index (χ4n) is 2.75. The van der Waals surface area contributed by atoms with Crippen molar-refractivity contribution in [3.05, 3.63) is 0 Å². The van der Waals surface area contributed by atoms with Gasteiger partial charge >= 0.3 is 7.60 Å². The molecule has 0 N–H and O–H groups in total. The van der Waals surface area contributed by atoms with Crippen LogP contribution in [0.3, 0.4) is 0 Å². The van der Waals surface area contributed by atoms with Crippen LogP contribution in [0.15, 0.2) is 0 Å². The smallest absolute Gasteiger partial charge is 0.327 e. The van der Waals surface area contributed by atoms with E-state index in [1.54, 1.807) is 0 Å². The lowest BCUT2D eigenvalue weighted by Crippen LogP contribution is -2.37. The number of hydrogen-bond acceptors (Lipinski definition) is 4. The van der Waals surface area contributed by atoms with Crippen LogP contribution in [0.4, 0.5) is 0 Å². The number of ether oxygens (including phenoxy) is 1. The first-order valence-corrected chi connectivity index (χ1v) is 13.0. The van der Waals surface area contributed by atoms with E-state index >= 15 is 0 Å². The van der Waals surface area contributed by atoms with Gasteiger partial charge in [-0.3, -0.25) is 4.57 Å². The molecule has 0 aliphatic heterocycles. The van der Waals surface area contributed by atoms with Gasteiger partial charge in [0.1, 0.15) is 13.2 Å². The molecule has 1 unspecified atom stereocenters. The first-order valence-electron chi connectivity index (χ1n) is 11.0. The fourth-order valence-corrected chi connectivity index (χ4v) is 3.64. The summed E-state index contributed by atoms with van der Waals surface area (Å²) < 4.78 is 29.2. The van der Waals surface area contributed by atoms with E-state index in [4.69, 9.17) is 13.8 Å². The van der Waals surface area contributed by atoms with E-state index in [2.05, 4.69) is 28.1 Å². The molecule has 0 amide bonds. The van der Waals surface area contributed by atoms with E-state index in [-0.39, 0.29) is 0 Å². The molecule has 5 nitrogen and oxygen atoms in total. The van der Waals surface area contributed by atoms with Crippen molar-refractivity contribution >= 4 is 7.60 Å². The van der Waals surface area contributed by atoms with Gasteiger partial charge in [0.2, 0.25) is 0 Å². The van der Waals surface area contributed by atoms with Crippen molar-refractivity contribution in [2.75, 3.05) is 60.8 Å². The lowest BCUT2D eigenvalue weighted by atomic mass is 10.1. The number of rotatable bonds is 20. The summed E-state index contributed by atoms with van der Waals surface area (Å²) in [5.41, 5.74) is 0. The average molecular weight is 409 g/mol. The topological polar surface area (TPSA) is 44.8 Å². The molecular formula is C21H47NO4P+. The minimum atomic E-state index is -2.96. The first-order chi connectivity index (χ1) is 12.8. The Labute approximate surface area is 169 Å². The molecule has 0 saturated carbocycles. The highest BCUT2D eigenvalue weighted by molar-refractivity contribution is 7.52. The van der Waals surface area contributed by atoms with E-state index in [1.807, 2.05) is 0 Å². The van der Waals surface area contributed by atoms with Crippen LogP contribution in [0.5, 0.6) is 0 Å². The molecule has 0 aromatic rings. The molecule has 0 heterocycles. The van der Waals surface area contributed by atoms with Crippen molar-refractivity contribution in [3.8, 4) is 0 Å². The van der Waals surface area contributed by atoms with E-state index < -0.39 is 7.60 Å². The molecule has 0 saturated heterocycles. The molecule has 0 aliphatic rings. The normalized spacial score (nSPS) is 14.4.